The van der Waals surface area contributed by atoms with E-state index in [-0.39, 0.29) is 12.5 Å². The van der Waals surface area contributed by atoms with E-state index in [1.807, 2.05) is 24.4 Å². The number of thiophene rings is 1. The summed E-state index contributed by atoms with van der Waals surface area (Å²) in [7, 11) is 0. The van der Waals surface area contributed by atoms with Crippen LogP contribution in [0.2, 0.25) is 0 Å². The number of carbonyl (C=O) groups is 1. The number of carbonyl (C=O) groups excluding carboxylic acids is 1. The summed E-state index contributed by atoms with van der Waals surface area (Å²) in [5, 5.41) is 14.6. The number of aryl methyl sites for hydroxylation is 2. The fourth-order valence-corrected chi connectivity index (χ4v) is 2.55. The molecule has 106 valence electrons. The third-order valence-electron chi connectivity index (χ3n) is 2.90. The van der Waals surface area contributed by atoms with Gasteiger partial charge in [0, 0.05) is 17.6 Å². The zero-order chi connectivity index (χ0) is 14.5. The molecule has 1 atom stereocenters. The maximum atomic E-state index is 12.1. The Labute approximate surface area is 121 Å². The van der Waals surface area contributed by atoms with E-state index in [4.69, 9.17) is 0 Å². The van der Waals surface area contributed by atoms with E-state index in [1.165, 1.54) is 17.5 Å². The first-order chi connectivity index (χ1) is 9.61. The molecule has 0 aromatic carbocycles. The molecule has 0 spiro atoms. The smallest absolute Gasteiger partial charge is 0.254 e. The van der Waals surface area contributed by atoms with E-state index in [9.17, 15) is 9.90 Å². The van der Waals surface area contributed by atoms with E-state index in [2.05, 4.69) is 15.3 Å². The van der Waals surface area contributed by atoms with Crippen LogP contribution in [-0.2, 0) is 6.42 Å². The second-order valence-electron chi connectivity index (χ2n) is 4.37. The molecule has 6 heteroatoms. The summed E-state index contributed by atoms with van der Waals surface area (Å²) in [6.45, 7) is 3.91. The summed E-state index contributed by atoms with van der Waals surface area (Å²) >= 11 is 1.46. The molecule has 2 heterocycles. The van der Waals surface area contributed by atoms with Gasteiger partial charge in [-0.3, -0.25) is 4.79 Å². The fraction of sp³-hybridized carbons (Fsp3) is 0.357. The first-order valence-electron chi connectivity index (χ1n) is 6.44. The maximum Gasteiger partial charge on any atom is 0.254 e. The van der Waals surface area contributed by atoms with Gasteiger partial charge in [-0.2, -0.15) is 0 Å². The van der Waals surface area contributed by atoms with Gasteiger partial charge in [-0.05, 0) is 24.8 Å². The molecule has 5 nitrogen and oxygen atoms in total. The van der Waals surface area contributed by atoms with Gasteiger partial charge >= 0.3 is 0 Å². The van der Waals surface area contributed by atoms with Gasteiger partial charge in [0.15, 0.2) is 0 Å². The van der Waals surface area contributed by atoms with Gasteiger partial charge in [-0.15, -0.1) is 11.3 Å². The molecular formula is C14H17N3O2S. The van der Waals surface area contributed by atoms with Gasteiger partial charge in [-0.1, -0.05) is 13.0 Å². The average Bonchev–Trinajstić information content (AvgIpc) is 2.98. The van der Waals surface area contributed by atoms with Crippen LogP contribution >= 0.6 is 11.3 Å². The summed E-state index contributed by atoms with van der Waals surface area (Å²) in [5.74, 6) is 0.398. The van der Waals surface area contributed by atoms with Crippen molar-refractivity contribution >= 4 is 17.2 Å². The van der Waals surface area contributed by atoms with Crippen LogP contribution in [0.15, 0.2) is 23.7 Å². The van der Waals surface area contributed by atoms with E-state index in [0.29, 0.717) is 17.8 Å². The number of hydrogen-bond donors (Lipinski definition) is 2. The van der Waals surface area contributed by atoms with Crippen molar-refractivity contribution in [2.75, 3.05) is 6.54 Å². The highest BCUT2D eigenvalue weighted by Crippen LogP contribution is 2.18. The molecule has 0 radical (unpaired) electrons. The number of aliphatic hydroxyl groups is 1. The second kappa shape index (κ2) is 6.58. The molecule has 0 aliphatic carbocycles. The normalized spacial score (nSPS) is 12.2. The predicted molar refractivity (Wildman–Crippen MR) is 77.8 cm³/mol. The lowest BCUT2D eigenvalue weighted by atomic mass is 10.1. The SMILES string of the molecule is CCc1nc(C)ncc1C(=O)NCC(O)c1cccs1. The lowest BCUT2D eigenvalue weighted by Gasteiger charge is -2.11. The molecule has 1 unspecified atom stereocenters. The Morgan fingerprint density at radius 3 is 3.00 bits per heavy atom. The third kappa shape index (κ3) is 3.40. The summed E-state index contributed by atoms with van der Waals surface area (Å²) < 4.78 is 0. The van der Waals surface area contributed by atoms with Crippen molar-refractivity contribution in [3.63, 3.8) is 0 Å². The zero-order valence-electron chi connectivity index (χ0n) is 11.5. The van der Waals surface area contributed by atoms with Gasteiger partial charge in [-0.25, -0.2) is 9.97 Å². The van der Waals surface area contributed by atoms with Gasteiger partial charge < -0.3 is 10.4 Å². The maximum absolute atomic E-state index is 12.1. The molecule has 0 saturated heterocycles. The van der Waals surface area contributed by atoms with Crippen LogP contribution in [0.3, 0.4) is 0 Å². The standard InChI is InChI=1S/C14H17N3O2S/c1-3-11-10(7-15-9(2)17-11)14(19)16-8-12(18)13-5-4-6-20-13/h4-7,12,18H,3,8H2,1-2H3,(H,16,19). The topological polar surface area (TPSA) is 75.1 Å². The first-order valence-corrected chi connectivity index (χ1v) is 7.32. The lowest BCUT2D eigenvalue weighted by molar-refractivity contribution is 0.0916. The number of hydrogen-bond acceptors (Lipinski definition) is 5. The van der Waals surface area contributed by atoms with Crippen LogP contribution in [-0.4, -0.2) is 27.5 Å². The van der Waals surface area contributed by atoms with Crippen LogP contribution in [0.1, 0.15) is 39.8 Å². The molecule has 0 aliphatic rings. The van der Waals surface area contributed by atoms with Crippen LogP contribution in [0.25, 0.3) is 0 Å². The molecule has 2 rings (SSSR count). The fourth-order valence-electron chi connectivity index (χ4n) is 1.84. The Bertz CT molecular complexity index is 584. The van der Waals surface area contributed by atoms with Gasteiger partial charge in [0.05, 0.1) is 11.3 Å². The van der Waals surface area contributed by atoms with Crippen molar-refractivity contribution in [3.8, 4) is 0 Å². The zero-order valence-corrected chi connectivity index (χ0v) is 12.3. The number of amides is 1. The number of rotatable bonds is 5. The highest BCUT2D eigenvalue weighted by Gasteiger charge is 2.15. The molecule has 0 aliphatic heterocycles. The molecule has 0 fully saturated rings. The van der Waals surface area contributed by atoms with Crippen LogP contribution < -0.4 is 5.32 Å². The average molecular weight is 291 g/mol. The quantitative estimate of drug-likeness (QED) is 0.882. The number of nitrogens with zero attached hydrogens (tertiary/aromatic N) is 2. The molecule has 0 saturated carbocycles. The highest BCUT2D eigenvalue weighted by atomic mass is 32.1. The minimum Gasteiger partial charge on any atom is -0.386 e. The van der Waals surface area contributed by atoms with Gasteiger partial charge in [0.1, 0.15) is 11.9 Å². The van der Waals surface area contributed by atoms with E-state index in [0.717, 1.165) is 10.6 Å². The Hall–Kier alpha value is -1.79. The Morgan fingerprint density at radius 1 is 1.55 bits per heavy atom. The molecule has 0 bridgehead atoms. The lowest BCUT2D eigenvalue weighted by Crippen LogP contribution is -2.29. The molecule has 2 N–H and O–H groups in total. The number of nitrogens with one attached hydrogen (secondary N) is 1. The summed E-state index contributed by atoms with van der Waals surface area (Å²) in [6, 6.07) is 3.71. The largest absolute Gasteiger partial charge is 0.386 e. The molecule has 2 aromatic heterocycles. The van der Waals surface area contributed by atoms with Crippen LogP contribution in [0.5, 0.6) is 0 Å². The minimum atomic E-state index is -0.685. The Morgan fingerprint density at radius 2 is 2.35 bits per heavy atom. The van der Waals surface area contributed by atoms with Crippen molar-refractivity contribution in [2.24, 2.45) is 0 Å². The summed E-state index contributed by atoms with van der Waals surface area (Å²) in [5.41, 5.74) is 1.19. The van der Waals surface area contributed by atoms with Crippen molar-refractivity contribution in [1.82, 2.24) is 15.3 Å². The van der Waals surface area contributed by atoms with E-state index >= 15 is 0 Å². The third-order valence-corrected chi connectivity index (χ3v) is 3.87. The van der Waals surface area contributed by atoms with Crippen molar-refractivity contribution in [3.05, 3.63) is 45.7 Å². The van der Waals surface area contributed by atoms with Crippen LogP contribution in [0, 0.1) is 6.92 Å². The van der Waals surface area contributed by atoms with Crippen LogP contribution in [0.4, 0.5) is 0 Å². The van der Waals surface area contributed by atoms with Crippen molar-refractivity contribution in [2.45, 2.75) is 26.4 Å². The number of aromatic nitrogens is 2. The Balaban J connectivity index is 2.02. The van der Waals surface area contributed by atoms with Gasteiger partial charge in [0.25, 0.3) is 5.91 Å². The predicted octanol–water partition coefficient (Wildman–Crippen LogP) is 1.87. The first kappa shape index (κ1) is 14.6. The van der Waals surface area contributed by atoms with Crippen molar-refractivity contribution in [1.29, 1.82) is 0 Å². The van der Waals surface area contributed by atoms with E-state index < -0.39 is 6.10 Å². The van der Waals surface area contributed by atoms with Gasteiger partial charge in [0.2, 0.25) is 0 Å². The van der Waals surface area contributed by atoms with Crippen molar-refractivity contribution < 1.29 is 9.90 Å². The molecule has 20 heavy (non-hydrogen) atoms. The highest BCUT2D eigenvalue weighted by molar-refractivity contribution is 7.10. The molecule has 1 amide bonds. The molecular weight excluding hydrogens is 274 g/mol. The number of aliphatic hydroxyl groups excluding tert-OH is 1. The summed E-state index contributed by atoms with van der Waals surface area (Å²) in [4.78, 5) is 21.3. The Kier molecular flexibility index (Phi) is 4.81. The summed E-state index contributed by atoms with van der Waals surface area (Å²) in [6.07, 6.45) is 1.52. The monoisotopic (exact) mass is 291 g/mol. The second-order valence-corrected chi connectivity index (χ2v) is 5.35. The molecule has 2 aromatic rings. The van der Waals surface area contributed by atoms with E-state index in [1.54, 1.807) is 6.92 Å². The minimum absolute atomic E-state index is 0.177.